The lowest BCUT2D eigenvalue weighted by molar-refractivity contribution is -0.123. The molecule has 0 atom stereocenters. The number of ketones is 1. The number of carbonyl (C=O) groups is 3. The van der Waals surface area contributed by atoms with Gasteiger partial charge in [-0.2, -0.15) is 0 Å². The van der Waals surface area contributed by atoms with Gasteiger partial charge in [0.25, 0.3) is 5.91 Å². The number of rotatable bonds is 9. The predicted molar refractivity (Wildman–Crippen MR) is 130 cm³/mol. The molecule has 0 bridgehead atoms. The highest BCUT2D eigenvalue weighted by Gasteiger charge is 2.27. The summed E-state index contributed by atoms with van der Waals surface area (Å²) < 4.78 is 11.1. The van der Waals surface area contributed by atoms with Crippen LogP contribution in [0.1, 0.15) is 55.3 Å². The number of amides is 2. The minimum absolute atomic E-state index is 0.0242. The molecule has 0 saturated heterocycles. The summed E-state index contributed by atoms with van der Waals surface area (Å²) in [7, 11) is 0. The first kappa shape index (κ1) is 24.1. The highest BCUT2D eigenvalue weighted by molar-refractivity contribution is 6.30. The Hall–Kier alpha value is -3.06. The van der Waals surface area contributed by atoms with Crippen molar-refractivity contribution in [3.8, 4) is 11.5 Å². The van der Waals surface area contributed by atoms with Gasteiger partial charge in [0.05, 0.1) is 5.69 Å². The topological polar surface area (TPSA) is 84.9 Å². The first-order valence-corrected chi connectivity index (χ1v) is 12.2. The highest BCUT2D eigenvalue weighted by Crippen LogP contribution is 2.33. The van der Waals surface area contributed by atoms with Crippen LogP contribution in [-0.4, -0.2) is 43.4 Å². The number of hydrogen-bond donors (Lipinski definition) is 1. The lowest BCUT2D eigenvalue weighted by atomic mass is 9.95. The molecule has 0 unspecified atom stereocenters. The van der Waals surface area contributed by atoms with Crippen molar-refractivity contribution in [1.29, 1.82) is 0 Å². The molecule has 2 aliphatic rings. The number of anilines is 1. The quantitative estimate of drug-likeness (QED) is 0.527. The minimum Gasteiger partial charge on any atom is -0.485 e. The minimum atomic E-state index is -0.220. The van der Waals surface area contributed by atoms with E-state index in [4.69, 9.17) is 21.1 Å². The average Bonchev–Trinajstić information content (AvgIpc) is 2.85. The molecule has 1 fully saturated rings. The molecule has 4 rings (SSSR count). The van der Waals surface area contributed by atoms with Crippen LogP contribution >= 0.6 is 11.6 Å². The van der Waals surface area contributed by atoms with Crippen LogP contribution in [0.5, 0.6) is 11.5 Å². The number of nitrogens with zero attached hydrogens (tertiary/aromatic N) is 1. The van der Waals surface area contributed by atoms with Gasteiger partial charge in [0.1, 0.15) is 11.5 Å². The number of ether oxygens (including phenoxy) is 2. The maximum absolute atomic E-state index is 12.7. The maximum Gasteiger partial charge on any atom is 0.265 e. The zero-order chi connectivity index (χ0) is 23.9. The summed E-state index contributed by atoms with van der Waals surface area (Å²) in [4.78, 5) is 39.2. The lowest BCUT2D eigenvalue weighted by Gasteiger charge is -2.30. The second-order valence-corrected chi connectivity index (χ2v) is 9.12. The summed E-state index contributed by atoms with van der Waals surface area (Å²) in [6.07, 6.45) is 6.53. The van der Waals surface area contributed by atoms with Crippen LogP contribution in [0.25, 0.3) is 0 Å². The molecule has 7 nitrogen and oxygen atoms in total. The fourth-order valence-corrected chi connectivity index (χ4v) is 4.45. The van der Waals surface area contributed by atoms with Gasteiger partial charge in [0.2, 0.25) is 5.91 Å². The third-order valence-electron chi connectivity index (χ3n) is 6.16. The van der Waals surface area contributed by atoms with Crippen molar-refractivity contribution in [2.45, 2.75) is 51.0 Å². The van der Waals surface area contributed by atoms with Crippen LogP contribution in [0, 0.1) is 0 Å². The lowest BCUT2D eigenvalue weighted by Crippen LogP contribution is -2.40. The number of fused-ring (bicyclic) bond motifs is 1. The van der Waals surface area contributed by atoms with Crippen molar-refractivity contribution < 1.29 is 23.9 Å². The molecule has 1 heterocycles. The van der Waals surface area contributed by atoms with E-state index in [2.05, 4.69) is 5.32 Å². The third kappa shape index (κ3) is 6.29. The Balaban J connectivity index is 1.35. The predicted octanol–water partition coefficient (Wildman–Crippen LogP) is 4.56. The molecule has 34 heavy (non-hydrogen) atoms. The summed E-state index contributed by atoms with van der Waals surface area (Å²) in [6.45, 7) is 0.178. The van der Waals surface area contributed by atoms with E-state index in [0.717, 1.165) is 25.7 Å². The van der Waals surface area contributed by atoms with E-state index in [1.54, 1.807) is 47.4 Å². The fourth-order valence-electron chi connectivity index (χ4n) is 4.33. The highest BCUT2D eigenvalue weighted by atomic mass is 35.5. The van der Waals surface area contributed by atoms with Crippen molar-refractivity contribution in [2.75, 3.05) is 24.7 Å². The second kappa shape index (κ2) is 11.4. The van der Waals surface area contributed by atoms with Gasteiger partial charge in [-0.3, -0.25) is 14.4 Å². The van der Waals surface area contributed by atoms with Gasteiger partial charge < -0.3 is 19.7 Å². The molecule has 0 spiro atoms. The second-order valence-electron chi connectivity index (χ2n) is 8.69. The first-order chi connectivity index (χ1) is 16.5. The Morgan fingerprint density at radius 2 is 1.85 bits per heavy atom. The molecule has 180 valence electrons. The molecule has 0 aromatic heterocycles. The number of benzene rings is 2. The van der Waals surface area contributed by atoms with Crippen molar-refractivity contribution in [1.82, 2.24) is 5.32 Å². The molecule has 1 N–H and O–H groups in total. The van der Waals surface area contributed by atoms with Crippen LogP contribution in [-0.2, 0) is 9.59 Å². The summed E-state index contributed by atoms with van der Waals surface area (Å²) in [6, 6.07) is 12.1. The number of Topliss-reactive ketones (excluding diaryl/α,β-unsaturated/α-hetero) is 1. The summed E-state index contributed by atoms with van der Waals surface area (Å²) >= 11 is 5.87. The molecule has 1 saturated carbocycles. The van der Waals surface area contributed by atoms with Crippen molar-refractivity contribution in [3.63, 3.8) is 0 Å². The van der Waals surface area contributed by atoms with Gasteiger partial charge in [0.15, 0.2) is 19.0 Å². The van der Waals surface area contributed by atoms with Gasteiger partial charge in [-0.25, -0.2) is 0 Å². The van der Waals surface area contributed by atoms with Crippen LogP contribution in [0.4, 0.5) is 5.69 Å². The van der Waals surface area contributed by atoms with Crippen molar-refractivity contribution in [2.24, 2.45) is 0 Å². The molecular formula is C26H29ClN2O5. The van der Waals surface area contributed by atoms with Crippen LogP contribution in [0.3, 0.4) is 0 Å². The molecule has 1 aliphatic carbocycles. The largest absolute Gasteiger partial charge is 0.485 e. The standard InChI is InChI=1S/C26H29ClN2O5/c27-19-9-11-21(12-10-19)33-16-23(30)18-8-13-24-22(15-18)29(26(32)17-34-24)14-4-7-25(31)28-20-5-2-1-3-6-20/h8-13,15,20H,1-7,14,16-17H2,(H,28,31). The normalized spacial score (nSPS) is 15.9. The third-order valence-corrected chi connectivity index (χ3v) is 6.42. The van der Waals surface area contributed by atoms with Crippen LogP contribution in [0.2, 0.25) is 5.02 Å². The Kier molecular flexibility index (Phi) is 8.06. The van der Waals surface area contributed by atoms with Crippen LogP contribution in [0.15, 0.2) is 42.5 Å². The average molecular weight is 485 g/mol. The Morgan fingerprint density at radius 3 is 2.62 bits per heavy atom. The number of nitrogens with one attached hydrogen (secondary N) is 1. The van der Waals surface area contributed by atoms with Gasteiger partial charge in [-0.15, -0.1) is 0 Å². The van der Waals surface area contributed by atoms with Crippen molar-refractivity contribution in [3.05, 3.63) is 53.1 Å². The maximum atomic E-state index is 12.7. The summed E-state index contributed by atoms with van der Waals surface area (Å²) in [5.41, 5.74) is 0.965. The Bertz CT molecular complexity index is 1030. The first-order valence-electron chi connectivity index (χ1n) is 11.8. The molecular weight excluding hydrogens is 456 g/mol. The van der Waals surface area contributed by atoms with Gasteiger partial charge in [0, 0.05) is 29.6 Å². The SMILES string of the molecule is O=C(CCCN1C(=O)COc2ccc(C(=O)COc3ccc(Cl)cc3)cc21)NC1CCCCC1. The molecule has 2 aromatic rings. The number of halogens is 1. The van der Waals surface area contributed by atoms with E-state index >= 15 is 0 Å². The van der Waals surface area contributed by atoms with Gasteiger partial charge >= 0.3 is 0 Å². The summed E-state index contributed by atoms with van der Waals surface area (Å²) in [5, 5.41) is 3.70. The van der Waals surface area contributed by atoms with E-state index in [-0.39, 0.29) is 36.9 Å². The van der Waals surface area contributed by atoms with Crippen molar-refractivity contribution >= 4 is 34.9 Å². The molecule has 0 radical (unpaired) electrons. The fraction of sp³-hybridized carbons (Fsp3) is 0.423. The van der Waals surface area contributed by atoms with E-state index in [1.165, 1.54) is 6.42 Å². The zero-order valence-corrected chi connectivity index (χ0v) is 19.8. The number of carbonyl (C=O) groups excluding carboxylic acids is 3. The molecule has 2 aromatic carbocycles. The molecule has 8 heteroatoms. The molecule has 1 aliphatic heterocycles. The van der Waals surface area contributed by atoms with E-state index in [1.807, 2.05) is 0 Å². The van der Waals surface area contributed by atoms with E-state index in [9.17, 15) is 14.4 Å². The van der Waals surface area contributed by atoms with E-state index < -0.39 is 0 Å². The smallest absolute Gasteiger partial charge is 0.265 e. The molecule has 2 amide bonds. The Labute approximate surface area is 204 Å². The zero-order valence-electron chi connectivity index (χ0n) is 19.1. The monoisotopic (exact) mass is 484 g/mol. The number of hydrogen-bond acceptors (Lipinski definition) is 5. The summed E-state index contributed by atoms with van der Waals surface area (Å²) in [5.74, 6) is 0.699. The van der Waals surface area contributed by atoms with Gasteiger partial charge in [-0.1, -0.05) is 30.9 Å². The van der Waals surface area contributed by atoms with Gasteiger partial charge in [-0.05, 0) is 61.7 Å². The van der Waals surface area contributed by atoms with E-state index in [0.29, 0.717) is 47.2 Å². The Morgan fingerprint density at radius 1 is 1.09 bits per heavy atom. The van der Waals surface area contributed by atoms with Crippen LogP contribution < -0.4 is 19.7 Å².